The van der Waals surface area contributed by atoms with Crippen molar-refractivity contribution in [3.63, 3.8) is 0 Å². The number of nitrogens with zero attached hydrogens (tertiary/aromatic N) is 2. The van der Waals surface area contributed by atoms with Crippen molar-refractivity contribution in [2.24, 2.45) is 55.2 Å². The highest BCUT2D eigenvalue weighted by Gasteiger charge is 2.81. The molecule has 8 atom stereocenters. The minimum absolute atomic E-state index is 0.00988. The van der Waals surface area contributed by atoms with Crippen LogP contribution in [0.15, 0.2) is 27.5 Å². The van der Waals surface area contributed by atoms with Gasteiger partial charge in [0.15, 0.2) is 5.78 Å². The van der Waals surface area contributed by atoms with Crippen LogP contribution in [0.4, 0.5) is 0 Å². The number of oxime groups is 1. The van der Waals surface area contributed by atoms with Crippen LogP contribution in [0.1, 0.15) is 104 Å². The van der Waals surface area contributed by atoms with Gasteiger partial charge in [-0.3, -0.25) is 4.79 Å². The first-order chi connectivity index (χ1) is 17.2. The van der Waals surface area contributed by atoms with Crippen LogP contribution >= 0.6 is 0 Å². The third-order valence-electron chi connectivity index (χ3n) is 14.0. The quantitative estimate of drug-likeness (QED) is 0.206. The number of hydrogen-bond acceptors (Lipinski definition) is 5. The zero-order chi connectivity index (χ0) is 26.4. The second kappa shape index (κ2) is 6.54. The Kier molecular flexibility index (Phi) is 4.23. The van der Waals surface area contributed by atoms with Gasteiger partial charge in [-0.15, -0.1) is 0 Å². The smallest absolute Gasteiger partial charge is 0.159 e. The molecule has 6 heteroatoms. The van der Waals surface area contributed by atoms with Crippen LogP contribution < -0.4 is 5.73 Å². The van der Waals surface area contributed by atoms with Gasteiger partial charge in [0, 0.05) is 27.7 Å². The molecule has 0 amide bonds. The van der Waals surface area contributed by atoms with Crippen molar-refractivity contribution in [1.29, 1.82) is 0 Å². The van der Waals surface area contributed by atoms with Gasteiger partial charge in [0.2, 0.25) is 0 Å². The molecule has 0 bridgehead atoms. The molecule has 200 valence electrons. The van der Waals surface area contributed by atoms with Gasteiger partial charge in [0.25, 0.3) is 0 Å². The Labute approximate surface area is 220 Å². The van der Waals surface area contributed by atoms with E-state index in [1.807, 2.05) is 6.20 Å². The average Bonchev–Trinajstić information content (AvgIpc) is 3.21. The number of carbonyl (C=O) groups is 1. The van der Waals surface area contributed by atoms with Gasteiger partial charge in [-0.1, -0.05) is 57.4 Å². The number of amidine groups is 1. The van der Waals surface area contributed by atoms with Crippen LogP contribution in [0.2, 0.25) is 0 Å². The number of fused-ring (bicyclic) bond motifs is 8. The Morgan fingerprint density at radius 2 is 1.76 bits per heavy atom. The van der Waals surface area contributed by atoms with Crippen LogP contribution in [0.3, 0.4) is 0 Å². The van der Waals surface area contributed by atoms with Crippen LogP contribution in [-0.2, 0) is 16.6 Å². The average molecular weight is 506 g/mol. The standard InChI is InChI=1S/C31H43N3O3/c1-25(2)7-10-30(24(32)34-36)11-8-27(4)22(19(30)15-25)20(35)13-21-26(27,3)9-12-31-17-29(31,6)23-18(16-33-37-23)14-28(21,31)5/h13,16,19,22,36H,7-12,14-15,17H2,1-6H3,(H2,32,34)/t19-,22-,26+,27+,28+,29?,30-,31-/m0/s1. The summed E-state index contributed by atoms with van der Waals surface area (Å²) in [5.74, 6) is 1.71. The summed E-state index contributed by atoms with van der Waals surface area (Å²) in [7, 11) is 0. The lowest BCUT2D eigenvalue weighted by molar-refractivity contribution is -0.161. The topological polar surface area (TPSA) is 102 Å². The zero-order valence-corrected chi connectivity index (χ0v) is 23.4. The van der Waals surface area contributed by atoms with E-state index in [4.69, 9.17) is 10.3 Å². The molecule has 6 nitrogen and oxygen atoms in total. The summed E-state index contributed by atoms with van der Waals surface area (Å²) in [6, 6.07) is 0. The Hall–Kier alpha value is -2.11. The van der Waals surface area contributed by atoms with Crippen LogP contribution in [0, 0.1) is 44.3 Å². The van der Waals surface area contributed by atoms with Crippen LogP contribution in [0.5, 0.6) is 0 Å². The van der Waals surface area contributed by atoms with Crippen molar-refractivity contribution in [2.75, 3.05) is 0 Å². The van der Waals surface area contributed by atoms with Crippen molar-refractivity contribution in [3.8, 4) is 0 Å². The van der Waals surface area contributed by atoms with Crippen molar-refractivity contribution < 1.29 is 14.5 Å². The Balaban J connectivity index is 1.40. The number of aromatic nitrogens is 1. The lowest BCUT2D eigenvalue weighted by Gasteiger charge is -2.69. The second-order valence-corrected chi connectivity index (χ2v) is 15.6. The Morgan fingerprint density at radius 3 is 2.49 bits per heavy atom. The van der Waals surface area contributed by atoms with Gasteiger partial charge in [-0.05, 0) is 91.4 Å². The first-order valence-electron chi connectivity index (χ1n) is 14.4. The fourth-order valence-corrected chi connectivity index (χ4v) is 11.5. The van der Waals surface area contributed by atoms with E-state index in [9.17, 15) is 10.0 Å². The SMILES string of the molecule is CC1(C)CC[C@]2(/C(N)=N/O)CC[C@]3(C)[C@H](C(=O)C=C4[C@@]5(C)Cc6cnoc6C6(C)C[C@]65CC[C@]43C)[C@@H]2C1. The molecule has 6 aliphatic rings. The second-order valence-electron chi connectivity index (χ2n) is 15.6. The summed E-state index contributed by atoms with van der Waals surface area (Å²) in [5, 5.41) is 17.6. The van der Waals surface area contributed by atoms with Crippen LogP contribution in [-0.4, -0.2) is 22.0 Å². The molecule has 1 heterocycles. The summed E-state index contributed by atoms with van der Waals surface area (Å²) < 4.78 is 5.83. The molecule has 1 aromatic heterocycles. The molecular weight excluding hydrogens is 462 g/mol. The molecule has 0 aliphatic heterocycles. The van der Waals surface area contributed by atoms with E-state index < -0.39 is 0 Å². The molecule has 4 fully saturated rings. The van der Waals surface area contributed by atoms with Crippen molar-refractivity contribution in [1.82, 2.24) is 5.16 Å². The van der Waals surface area contributed by atoms with Gasteiger partial charge in [0.1, 0.15) is 11.6 Å². The van der Waals surface area contributed by atoms with Crippen molar-refractivity contribution in [2.45, 2.75) is 105 Å². The fraction of sp³-hybridized carbons (Fsp3) is 0.774. The van der Waals surface area contributed by atoms with E-state index in [-0.39, 0.29) is 55.5 Å². The van der Waals surface area contributed by atoms with Gasteiger partial charge < -0.3 is 15.5 Å². The molecule has 0 saturated heterocycles. The number of allylic oxidation sites excluding steroid dienone is 2. The number of carbonyl (C=O) groups excluding carboxylic acids is 1. The van der Waals surface area contributed by atoms with E-state index in [1.165, 1.54) is 11.1 Å². The summed E-state index contributed by atoms with van der Waals surface area (Å²) in [5.41, 5.74) is 8.71. The Bertz CT molecular complexity index is 1290. The minimum Gasteiger partial charge on any atom is -0.409 e. The van der Waals surface area contributed by atoms with E-state index in [0.717, 1.165) is 63.5 Å². The molecule has 7 rings (SSSR count). The third-order valence-corrected chi connectivity index (χ3v) is 14.0. The third kappa shape index (κ3) is 2.40. The van der Waals surface area contributed by atoms with Crippen molar-refractivity contribution >= 4 is 11.6 Å². The van der Waals surface area contributed by atoms with Gasteiger partial charge in [-0.2, -0.15) is 0 Å². The molecule has 37 heavy (non-hydrogen) atoms. The molecule has 3 N–H and O–H groups in total. The number of ketones is 1. The highest BCUT2D eigenvalue weighted by atomic mass is 16.5. The normalized spacial score (nSPS) is 51.5. The molecule has 1 unspecified atom stereocenters. The van der Waals surface area contributed by atoms with Gasteiger partial charge in [0.05, 0.1) is 6.20 Å². The maximum absolute atomic E-state index is 14.5. The largest absolute Gasteiger partial charge is 0.409 e. The monoisotopic (exact) mass is 505 g/mol. The molecule has 6 aliphatic carbocycles. The Morgan fingerprint density at radius 1 is 1.03 bits per heavy atom. The molecule has 4 saturated carbocycles. The maximum Gasteiger partial charge on any atom is 0.159 e. The minimum atomic E-state index is -0.386. The van der Waals surface area contributed by atoms with E-state index in [2.05, 4.69) is 57.9 Å². The summed E-state index contributed by atoms with van der Waals surface area (Å²) in [4.78, 5) is 14.5. The number of hydrogen-bond donors (Lipinski definition) is 2. The molecule has 1 spiro atoms. The summed E-state index contributed by atoms with van der Waals surface area (Å²) in [6.45, 7) is 14.3. The van der Waals surface area contributed by atoms with E-state index >= 15 is 0 Å². The van der Waals surface area contributed by atoms with Gasteiger partial charge in [-0.25, -0.2) is 0 Å². The van der Waals surface area contributed by atoms with Crippen LogP contribution in [0.25, 0.3) is 0 Å². The highest BCUT2D eigenvalue weighted by Crippen LogP contribution is 2.85. The van der Waals surface area contributed by atoms with Gasteiger partial charge >= 0.3 is 0 Å². The van der Waals surface area contributed by atoms with E-state index in [0.29, 0.717) is 5.84 Å². The molecule has 1 aromatic rings. The molecular formula is C31H43N3O3. The molecule has 0 radical (unpaired) electrons. The summed E-state index contributed by atoms with van der Waals surface area (Å²) >= 11 is 0. The van der Waals surface area contributed by atoms with Crippen molar-refractivity contribution in [3.05, 3.63) is 29.2 Å². The summed E-state index contributed by atoms with van der Waals surface area (Å²) in [6.07, 6.45) is 13.0. The maximum atomic E-state index is 14.5. The lowest BCUT2D eigenvalue weighted by Crippen LogP contribution is -2.66. The number of rotatable bonds is 1. The predicted octanol–water partition coefficient (Wildman–Crippen LogP) is 6.17. The predicted molar refractivity (Wildman–Crippen MR) is 141 cm³/mol. The van der Waals surface area contributed by atoms with E-state index in [1.54, 1.807) is 0 Å². The first-order valence-corrected chi connectivity index (χ1v) is 14.4. The number of nitrogens with two attached hydrogens (primary N) is 1. The fourth-order valence-electron chi connectivity index (χ4n) is 11.5. The zero-order valence-electron chi connectivity index (χ0n) is 23.4. The highest BCUT2D eigenvalue weighted by molar-refractivity contribution is 5.97. The lowest BCUT2D eigenvalue weighted by atomic mass is 9.34. The first kappa shape index (κ1) is 24.0. The molecule has 0 aromatic carbocycles.